The Balaban J connectivity index is 1.46. The van der Waals surface area contributed by atoms with Crippen molar-refractivity contribution in [1.29, 1.82) is 0 Å². The zero-order valence-corrected chi connectivity index (χ0v) is 18.1. The van der Waals surface area contributed by atoms with E-state index in [0.29, 0.717) is 11.3 Å². The number of aryl methyl sites for hydroxylation is 1. The Labute approximate surface area is 183 Å². The Kier molecular flexibility index (Phi) is 5.74. The summed E-state index contributed by atoms with van der Waals surface area (Å²) in [6.07, 6.45) is 0. The number of nitrogens with zero attached hydrogens (tertiary/aromatic N) is 1. The number of thiocarbonyl (C=S) groups is 1. The van der Waals surface area contributed by atoms with Crippen molar-refractivity contribution in [3.8, 4) is 16.3 Å². The van der Waals surface area contributed by atoms with Crippen LogP contribution >= 0.6 is 23.6 Å². The molecule has 0 fully saturated rings. The molecule has 7 heteroatoms. The van der Waals surface area contributed by atoms with Crippen LogP contribution in [0.2, 0.25) is 0 Å². The Morgan fingerprint density at radius 2 is 1.90 bits per heavy atom. The predicted octanol–water partition coefficient (Wildman–Crippen LogP) is 5.41. The lowest BCUT2D eigenvalue weighted by Crippen LogP contribution is -2.34. The summed E-state index contributed by atoms with van der Waals surface area (Å²) in [5, 5.41) is 7.01. The first kappa shape index (κ1) is 20.0. The van der Waals surface area contributed by atoms with Crippen molar-refractivity contribution in [2.24, 2.45) is 0 Å². The molecular formula is C23H19N3O2S2. The number of aromatic nitrogens is 1. The lowest BCUT2D eigenvalue weighted by Gasteiger charge is -2.13. The van der Waals surface area contributed by atoms with Crippen molar-refractivity contribution in [3.05, 3.63) is 77.9 Å². The third-order valence-corrected chi connectivity index (χ3v) is 5.86. The molecule has 0 bridgehead atoms. The number of carbonyl (C=O) groups is 1. The van der Waals surface area contributed by atoms with E-state index in [9.17, 15) is 4.79 Å². The maximum atomic E-state index is 12.4. The van der Waals surface area contributed by atoms with Gasteiger partial charge in [0.1, 0.15) is 10.8 Å². The SMILES string of the molecule is COc1cccc(C(=O)NC(=S)Nc2ccc(-c3nc4ccccc4s3)cc2C)c1. The summed E-state index contributed by atoms with van der Waals surface area (Å²) < 4.78 is 6.32. The number of para-hydroxylation sites is 1. The van der Waals surface area contributed by atoms with Crippen LogP contribution in [0.3, 0.4) is 0 Å². The fraction of sp³-hybridized carbons (Fsp3) is 0.0870. The van der Waals surface area contributed by atoms with Crippen LogP contribution in [0.25, 0.3) is 20.8 Å². The highest BCUT2D eigenvalue weighted by molar-refractivity contribution is 7.80. The standard InChI is InChI=1S/C23H19N3O2S2/c1-14-12-16(22-24-19-8-3-4-9-20(19)30-22)10-11-18(14)25-23(29)26-21(27)15-6-5-7-17(13-15)28-2/h3-13H,1-2H3,(H2,25,26,27,29). The van der Waals surface area contributed by atoms with E-state index in [0.717, 1.165) is 32.0 Å². The van der Waals surface area contributed by atoms with Crippen molar-refractivity contribution >= 4 is 50.5 Å². The monoisotopic (exact) mass is 433 g/mol. The number of thiazole rings is 1. The zero-order valence-electron chi connectivity index (χ0n) is 16.4. The van der Waals surface area contributed by atoms with Crippen LogP contribution < -0.4 is 15.4 Å². The number of rotatable bonds is 4. The number of hydrogen-bond donors (Lipinski definition) is 2. The highest BCUT2D eigenvalue weighted by Crippen LogP contribution is 2.31. The zero-order chi connectivity index (χ0) is 21.1. The molecule has 0 unspecified atom stereocenters. The van der Waals surface area contributed by atoms with E-state index in [1.165, 1.54) is 0 Å². The molecule has 0 aliphatic heterocycles. The fourth-order valence-corrected chi connectivity index (χ4v) is 4.19. The first-order valence-electron chi connectivity index (χ1n) is 9.26. The molecule has 0 aliphatic rings. The van der Waals surface area contributed by atoms with Crippen molar-refractivity contribution in [2.45, 2.75) is 6.92 Å². The minimum atomic E-state index is -0.296. The highest BCUT2D eigenvalue weighted by Gasteiger charge is 2.11. The molecule has 0 radical (unpaired) electrons. The Morgan fingerprint density at radius 3 is 2.67 bits per heavy atom. The number of carbonyl (C=O) groups excluding carboxylic acids is 1. The molecule has 30 heavy (non-hydrogen) atoms. The maximum Gasteiger partial charge on any atom is 0.257 e. The predicted molar refractivity (Wildman–Crippen MR) is 126 cm³/mol. The molecular weight excluding hydrogens is 414 g/mol. The average molecular weight is 434 g/mol. The van der Waals surface area contributed by atoms with Gasteiger partial charge in [-0.25, -0.2) is 4.98 Å². The van der Waals surface area contributed by atoms with Gasteiger partial charge < -0.3 is 10.1 Å². The Bertz CT molecular complexity index is 1220. The molecule has 0 saturated heterocycles. The van der Waals surface area contributed by atoms with Crippen molar-refractivity contribution in [2.75, 3.05) is 12.4 Å². The summed E-state index contributed by atoms with van der Waals surface area (Å²) in [7, 11) is 1.56. The lowest BCUT2D eigenvalue weighted by molar-refractivity contribution is 0.0977. The minimum Gasteiger partial charge on any atom is -0.497 e. The number of hydrogen-bond acceptors (Lipinski definition) is 5. The summed E-state index contributed by atoms with van der Waals surface area (Å²) in [4.78, 5) is 17.1. The molecule has 1 amide bonds. The van der Waals surface area contributed by atoms with Crippen molar-refractivity contribution in [3.63, 3.8) is 0 Å². The second kappa shape index (κ2) is 8.61. The van der Waals surface area contributed by atoms with E-state index in [-0.39, 0.29) is 11.0 Å². The van der Waals surface area contributed by atoms with Gasteiger partial charge in [0.15, 0.2) is 5.11 Å². The molecule has 0 aliphatic carbocycles. The van der Waals surface area contributed by atoms with Gasteiger partial charge >= 0.3 is 0 Å². The Morgan fingerprint density at radius 1 is 1.07 bits per heavy atom. The van der Waals surface area contributed by atoms with E-state index in [4.69, 9.17) is 21.9 Å². The molecule has 4 rings (SSSR count). The first-order chi connectivity index (χ1) is 14.5. The molecule has 150 valence electrons. The molecule has 3 aromatic carbocycles. The summed E-state index contributed by atoms with van der Waals surface area (Å²) >= 11 is 6.98. The maximum absolute atomic E-state index is 12.4. The van der Waals surface area contributed by atoms with E-state index >= 15 is 0 Å². The molecule has 1 aromatic heterocycles. The van der Waals surface area contributed by atoms with Crippen LogP contribution in [0.1, 0.15) is 15.9 Å². The molecule has 0 atom stereocenters. The van der Waals surface area contributed by atoms with Crippen LogP contribution in [0.5, 0.6) is 5.75 Å². The van der Waals surface area contributed by atoms with E-state index < -0.39 is 0 Å². The smallest absolute Gasteiger partial charge is 0.257 e. The number of nitrogens with one attached hydrogen (secondary N) is 2. The second-order valence-electron chi connectivity index (χ2n) is 6.66. The number of ether oxygens (including phenoxy) is 1. The van der Waals surface area contributed by atoms with Gasteiger partial charge in [0, 0.05) is 16.8 Å². The third kappa shape index (κ3) is 4.32. The van der Waals surface area contributed by atoms with Gasteiger partial charge in [-0.3, -0.25) is 10.1 Å². The second-order valence-corrected chi connectivity index (χ2v) is 8.10. The number of anilines is 1. The van der Waals surface area contributed by atoms with Crippen molar-refractivity contribution in [1.82, 2.24) is 10.3 Å². The van der Waals surface area contributed by atoms with Crippen LogP contribution in [0.15, 0.2) is 66.7 Å². The highest BCUT2D eigenvalue weighted by atomic mass is 32.1. The number of amides is 1. The average Bonchev–Trinajstić information content (AvgIpc) is 3.19. The molecule has 5 nitrogen and oxygen atoms in total. The molecule has 1 heterocycles. The van der Waals surface area contributed by atoms with Crippen LogP contribution in [0, 0.1) is 6.92 Å². The molecule has 0 saturated carbocycles. The van der Waals surface area contributed by atoms with Crippen LogP contribution in [-0.4, -0.2) is 23.1 Å². The fourth-order valence-electron chi connectivity index (χ4n) is 3.03. The van der Waals surface area contributed by atoms with Gasteiger partial charge in [-0.15, -0.1) is 11.3 Å². The normalized spacial score (nSPS) is 10.6. The largest absolute Gasteiger partial charge is 0.497 e. The summed E-state index contributed by atoms with van der Waals surface area (Å²) in [5.74, 6) is 0.318. The van der Waals surface area contributed by atoms with Gasteiger partial charge in [-0.2, -0.15) is 0 Å². The molecule has 2 N–H and O–H groups in total. The van der Waals surface area contributed by atoms with E-state index in [1.807, 2.05) is 37.3 Å². The number of benzene rings is 3. The van der Waals surface area contributed by atoms with Crippen LogP contribution in [-0.2, 0) is 0 Å². The van der Waals surface area contributed by atoms with Gasteiger partial charge in [0.05, 0.1) is 17.3 Å². The third-order valence-electron chi connectivity index (χ3n) is 4.57. The summed E-state index contributed by atoms with van der Waals surface area (Å²) in [6.45, 7) is 1.99. The van der Waals surface area contributed by atoms with Gasteiger partial charge in [-0.05, 0) is 73.2 Å². The van der Waals surface area contributed by atoms with Gasteiger partial charge in [0.25, 0.3) is 5.91 Å². The van der Waals surface area contributed by atoms with Gasteiger partial charge in [0.2, 0.25) is 0 Å². The molecule has 4 aromatic rings. The van der Waals surface area contributed by atoms with Crippen LogP contribution in [0.4, 0.5) is 5.69 Å². The Hall–Kier alpha value is -3.29. The minimum absolute atomic E-state index is 0.235. The summed E-state index contributed by atoms with van der Waals surface area (Å²) in [5.41, 5.74) is 4.35. The van der Waals surface area contributed by atoms with E-state index in [1.54, 1.807) is 42.7 Å². The lowest BCUT2D eigenvalue weighted by atomic mass is 10.1. The topological polar surface area (TPSA) is 63.2 Å². The van der Waals surface area contributed by atoms with Crippen molar-refractivity contribution < 1.29 is 9.53 Å². The van der Waals surface area contributed by atoms with Gasteiger partial charge in [-0.1, -0.05) is 18.2 Å². The quantitative estimate of drug-likeness (QED) is 0.422. The summed E-state index contributed by atoms with van der Waals surface area (Å²) in [6, 6.07) is 21.0. The molecule has 0 spiro atoms. The number of fused-ring (bicyclic) bond motifs is 1. The van der Waals surface area contributed by atoms with E-state index in [2.05, 4.69) is 22.8 Å². The first-order valence-corrected chi connectivity index (χ1v) is 10.5. The number of methoxy groups -OCH3 is 1.